The summed E-state index contributed by atoms with van der Waals surface area (Å²) in [5, 5.41) is 4.06. The van der Waals surface area contributed by atoms with Gasteiger partial charge in [0.1, 0.15) is 5.75 Å². The van der Waals surface area contributed by atoms with Gasteiger partial charge in [0, 0.05) is 18.8 Å². The lowest BCUT2D eigenvalue weighted by molar-refractivity contribution is 0.336. The molecule has 0 spiro atoms. The van der Waals surface area contributed by atoms with E-state index >= 15 is 0 Å². The summed E-state index contributed by atoms with van der Waals surface area (Å²) in [7, 11) is 3.74. The van der Waals surface area contributed by atoms with Crippen molar-refractivity contribution in [3.05, 3.63) is 59.7 Å². The molecular weight excluding hydrogens is 304 g/mol. The van der Waals surface area contributed by atoms with Crippen molar-refractivity contribution < 1.29 is 4.74 Å². The lowest BCUT2D eigenvalue weighted by Gasteiger charge is -2.35. The summed E-state index contributed by atoms with van der Waals surface area (Å²) >= 11 is 5.62. The molecule has 0 radical (unpaired) electrons. The molecule has 4 heteroatoms. The minimum absolute atomic E-state index is 0.338. The first-order valence-electron chi connectivity index (χ1n) is 7.94. The molecule has 0 saturated carbocycles. The minimum Gasteiger partial charge on any atom is -0.497 e. The quantitative estimate of drug-likeness (QED) is 0.845. The third-order valence-electron chi connectivity index (χ3n) is 4.45. The highest BCUT2D eigenvalue weighted by atomic mass is 32.1. The van der Waals surface area contributed by atoms with Crippen molar-refractivity contribution in [3.8, 4) is 5.75 Å². The summed E-state index contributed by atoms with van der Waals surface area (Å²) in [6.07, 6.45) is 3.50. The lowest BCUT2D eigenvalue weighted by Crippen LogP contribution is -2.36. The Morgan fingerprint density at radius 1 is 1.22 bits per heavy atom. The van der Waals surface area contributed by atoms with Gasteiger partial charge in [-0.05, 0) is 54.7 Å². The van der Waals surface area contributed by atoms with Gasteiger partial charge in [-0.25, -0.2) is 0 Å². The number of nitrogens with one attached hydrogen (secondary N) is 1. The van der Waals surface area contributed by atoms with Crippen molar-refractivity contribution in [1.29, 1.82) is 0 Å². The molecule has 0 heterocycles. The third kappa shape index (κ3) is 3.48. The van der Waals surface area contributed by atoms with Crippen LogP contribution >= 0.6 is 12.2 Å². The Bertz CT molecular complexity index is 701. The van der Waals surface area contributed by atoms with Crippen LogP contribution < -0.4 is 10.1 Å². The third-order valence-corrected chi connectivity index (χ3v) is 4.84. The SMILES string of the molecule is COc1cccc(NC(=S)N(C)[C@@H]2CCCc3ccccc32)c1. The first-order valence-corrected chi connectivity index (χ1v) is 8.35. The number of benzene rings is 2. The van der Waals surface area contributed by atoms with Crippen LogP contribution in [0, 0.1) is 0 Å². The molecule has 2 aromatic rings. The van der Waals surface area contributed by atoms with Crippen LogP contribution in [0.2, 0.25) is 0 Å². The van der Waals surface area contributed by atoms with E-state index in [1.807, 2.05) is 24.3 Å². The molecule has 0 amide bonds. The number of hydrogen-bond donors (Lipinski definition) is 1. The first-order chi connectivity index (χ1) is 11.2. The van der Waals surface area contributed by atoms with Crippen LogP contribution in [0.5, 0.6) is 5.75 Å². The molecule has 0 aliphatic heterocycles. The van der Waals surface area contributed by atoms with Crippen molar-refractivity contribution in [1.82, 2.24) is 4.90 Å². The van der Waals surface area contributed by atoms with Gasteiger partial charge in [0.2, 0.25) is 0 Å². The second-order valence-electron chi connectivity index (χ2n) is 5.88. The van der Waals surface area contributed by atoms with E-state index in [2.05, 4.69) is 41.5 Å². The maximum Gasteiger partial charge on any atom is 0.173 e. The zero-order valence-corrected chi connectivity index (χ0v) is 14.4. The molecule has 0 fully saturated rings. The lowest BCUT2D eigenvalue weighted by atomic mass is 9.87. The van der Waals surface area contributed by atoms with Gasteiger partial charge in [0.05, 0.1) is 13.2 Å². The Morgan fingerprint density at radius 3 is 2.87 bits per heavy atom. The van der Waals surface area contributed by atoms with Gasteiger partial charge in [0.25, 0.3) is 0 Å². The largest absolute Gasteiger partial charge is 0.497 e. The summed E-state index contributed by atoms with van der Waals surface area (Å²) in [5.74, 6) is 0.823. The standard InChI is InChI=1S/C19H22N2OS/c1-21(18-12-5-8-14-7-3-4-11-17(14)18)19(23)20-15-9-6-10-16(13-15)22-2/h3-4,6-7,9-11,13,18H,5,8,12H2,1-2H3,(H,20,23)/t18-/m1/s1. The Morgan fingerprint density at radius 2 is 2.04 bits per heavy atom. The van der Waals surface area contributed by atoms with E-state index in [4.69, 9.17) is 17.0 Å². The first kappa shape index (κ1) is 15.8. The van der Waals surface area contributed by atoms with Crippen molar-refractivity contribution in [3.63, 3.8) is 0 Å². The van der Waals surface area contributed by atoms with E-state index in [-0.39, 0.29) is 0 Å². The highest BCUT2D eigenvalue weighted by Gasteiger charge is 2.24. The Balaban J connectivity index is 1.75. The Labute approximate surface area is 143 Å². The number of ether oxygens (including phenoxy) is 1. The van der Waals surface area contributed by atoms with Crippen LogP contribution in [0.25, 0.3) is 0 Å². The number of aryl methyl sites for hydroxylation is 1. The van der Waals surface area contributed by atoms with Gasteiger partial charge < -0.3 is 15.0 Å². The molecule has 2 aromatic carbocycles. The monoisotopic (exact) mass is 326 g/mol. The van der Waals surface area contributed by atoms with E-state index in [0.29, 0.717) is 6.04 Å². The summed E-state index contributed by atoms with van der Waals surface area (Å²) in [6.45, 7) is 0. The van der Waals surface area contributed by atoms with E-state index in [0.717, 1.165) is 29.4 Å². The molecule has 1 aliphatic carbocycles. The molecule has 3 rings (SSSR count). The fourth-order valence-corrected chi connectivity index (χ4v) is 3.43. The van der Waals surface area contributed by atoms with Gasteiger partial charge in [-0.1, -0.05) is 30.3 Å². The smallest absolute Gasteiger partial charge is 0.173 e. The van der Waals surface area contributed by atoms with E-state index < -0.39 is 0 Å². The number of hydrogen-bond acceptors (Lipinski definition) is 2. The van der Waals surface area contributed by atoms with Crippen LogP contribution in [-0.2, 0) is 6.42 Å². The van der Waals surface area contributed by atoms with Crippen molar-refractivity contribution in [2.75, 3.05) is 19.5 Å². The maximum absolute atomic E-state index is 5.62. The molecular formula is C19H22N2OS. The summed E-state index contributed by atoms with van der Waals surface area (Å²) in [4.78, 5) is 2.17. The fraction of sp³-hybridized carbons (Fsp3) is 0.316. The Kier molecular flexibility index (Phi) is 4.82. The molecule has 23 heavy (non-hydrogen) atoms. The highest BCUT2D eigenvalue weighted by molar-refractivity contribution is 7.80. The van der Waals surface area contributed by atoms with E-state index in [1.54, 1.807) is 7.11 Å². The molecule has 0 aromatic heterocycles. The van der Waals surface area contributed by atoms with Crippen LogP contribution in [-0.4, -0.2) is 24.2 Å². The number of thiocarbonyl (C=S) groups is 1. The number of rotatable bonds is 3. The minimum atomic E-state index is 0.338. The van der Waals surface area contributed by atoms with Crippen molar-refractivity contribution >= 4 is 23.0 Å². The second-order valence-corrected chi connectivity index (χ2v) is 6.27. The average Bonchev–Trinajstić information content (AvgIpc) is 2.60. The number of anilines is 1. The molecule has 1 atom stereocenters. The zero-order chi connectivity index (χ0) is 16.2. The molecule has 1 aliphatic rings. The number of methoxy groups -OCH3 is 1. The van der Waals surface area contributed by atoms with Gasteiger partial charge in [-0.3, -0.25) is 0 Å². The zero-order valence-electron chi connectivity index (χ0n) is 13.6. The average molecular weight is 326 g/mol. The summed E-state index contributed by atoms with van der Waals surface area (Å²) in [5.41, 5.74) is 3.79. The molecule has 3 nitrogen and oxygen atoms in total. The van der Waals surface area contributed by atoms with Crippen LogP contribution in [0.15, 0.2) is 48.5 Å². The van der Waals surface area contributed by atoms with Gasteiger partial charge >= 0.3 is 0 Å². The van der Waals surface area contributed by atoms with Crippen molar-refractivity contribution in [2.45, 2.75) is 25.3 Å². The molecule has 0 unspecified atom stereocenters. The van der Waals surface area contributed by atoms with Crippen LogP contribution in [0.3, 0.4) is 0 Å². The summed E-state index contributed by atoms with van der Waals surface area (Å²) in [6, 6.07) is 16.9. The van der Waals surface area contributed by atoms with Gasteiger partial charge in [-0.2, -0.15) is 0 Å². The maximum atomic E-state index is 5.62. The van der Waals surface area contributed by atoms with Crippen LogP contribution in [0.4, 0.5) is 5.69 Å². The topological polar surface area (TPSA) is 24.5 Å². The second kappa shape index (κ2) is 7.01. The molecule has 0 bridgehead atoms. The molecule has 1 N–H and O–H groups in total. The van der Waals surface area contributed by atoms with E-state index in [9.17, 15) is 0 Å². The summed E-state index contributed by atoms with van der Waals surface area (Å²) < 4.78 is 5.26. The van der Waals surface area contributed by atoms with Gasteiger partial charge in [0.15, 0.2) is 5.11 Å². The fourth-order valence-electron chi connectivity index (χ4n) is 3.18. The number of fused-ring (bicyclic) bond motifs is 1. The molecule has 120 valence electrons. The Hall–Kier alpha value is -2.07. The van der Waals surface area contributed by atoms with Crippen molar-refractivity contribution in [2.24, 2.45) is 0 Å². The molecule has 0 saturated heterocycles. The van der Waals surface area contributed by atoms with Gasteiger partial charge in [-0.15, -0.1) is 0 Å². The van der Waals surface area contributed by atoms with Crippen LogP contribution in [0.1, 0.15) is 30.0 Å². The predicted molar refractivity (Wildman–Crippen MR) is 99.1 cm³/mol. The van der Waals surface area contributed by atoms with E-state index in [1.165, 1.54) is 17.5 Å². The normalized spacial score (nSPS) is 16.3. The number of nitrogens with zero attached hydrogens (tertiary/aromatic N) is 1. The highest BCUT2D eigenvalue weighted by Crippen LogP contribution is 2.33. The predicted octanol–water partition coefficient (Wildman–Crippen LogP) is 4.40.